The van der Waals surface area contributed by atoms with Gasteiger partial charge in [-0.1, -0.05) is 91.0 Å². The molecule has 4 aromatic rings. The lowest BCUT2D eigenvalue weighted by atomic mass is 9.83. The number of aromatic carboxylic acids is 2. The number of carboxylic acids is 2. The zero-order valence-electron chi connectivity index (χ0n) is 15.9. The second-order valence-corrected chi connectivity index (χ2v) is 6.81. The number of carbonyl (C=O) groups is 2. The maximum atomic E-state index is 12.6. The summed E-state index contributed by atoms with van der Waals surface area (Å²) in [6.45, 7) is 0. The van der Waals surface area contributed by atoms with Crippen molar-refractivity contribution >= 4 is 11.9 Å². The minimum absolute atomic E-state index is 0.0221. The molecule has 146 valence electrons. The molecule has 0 spiro atoms. The Hall–Kier alpha value is -4.18. The van der Waals surface area contributed by atoms with Crippen LogP contribution in [0, 0.1) is 0 Å². The second-order valence-electron chi connectivity index (χ2n) is 6.81. The minimum Gasteiger partial charge on any atom is -0.478 e. The van der Waals surface area contributed by atoms with E-state index in [4.69, 9.17) is 0 Å². The summed E-state index contributed by atoms with van der Waals surface area (Å²) in [5.41, 5.74) is 3.21. The lowest BCUT2D eigenvalue weighted by molar-refractivity contribution is 0.0696. The summed E-state index contributed by atoms with van der Waals surface area (Å²) in [6, 6.07) is 28.8. The van der Waals surface area contributed by atoms with Gasteiger partial charge in [-0.25, -0.2) is 9.59 Å². The van der Waals surface area contributed by atoms with Crippen LogP contribution in [0.15, 0.2) is 97.1 Å². The van der Waals surface area contributed by atoms with Crippen molar-refractivity contribution in [3.63, 3.8) is 0 Å². The minimum atomic E-state index is -1.17. The van der Waals surface area contributed by atoms with E-state index in [1.807, 2.05) is 60.7 Å². The first-order valence-corrected chi connectivity index (χ1v) is 9.41. The van der Waals surface area contributed by atoms with E-state index in [0.717, 1.165) is 5.56 Å². The van der Waals surface area contributed by atoms with Crippen LogP contribution in [0.1, 0.15) is 20.7 Å². The summed E-state index contributed by atoms with van der Waals surface area (Å²) in [4.78, 5) is 24.8. The molecule has 0 aliphatic heterocycles. The molecule has 0 saturated heterocycles. The van der Waals surface area contributed by atoms with Gasteiger partial charge in [0.15, 0.2) is 0 Å². The van der Waals surface area contributed by atoms with Gasteiger partial charge in [-0.2, -0.15) is 0 Å². The molecule has 2 N–H and O–H groups in total. The van der Waals surface area contributed by atoms with Gasteiger partial charge in [0.2, 0.25) is 0 Å². The molecule has 4 rings (SSSR count). The molecule has 0 aromatic heterocycles. The van der Waals surface area contributed by atoms with E-state index in [1.165, 1.54) is 0 Å². The van der Waals surface area contributed by atoms with Crippen LogP contribution in [0.25, 0.3) is 33.4 Å². The van der Waals surface area contributed by atoms with E-state index >= 15 is 0 Å². The SMILES string of the molecule is O=C(O)c1cc(-c2ccccc2)c(-c2ccccc2)c(C(=O)O)c1-c1ccccc1. The van der Waals surface area contributed by atoms with E-state index in [2.05, 4.69) is 0 Å². The molecule has 0 bridgehead atoms. The van der Waals surface area contributed by atoms with Crippen LogP contribution in [0.4, 0.5) is 0 Å². The van der Waals surface area contributed by atoms with E-state index in [9.17, 15) is 19.8 Å². The largest absolute Gasteiger partial charge is 0.478 e. The molecular formula is C26H18O4. The van der Waals surface area contributed by atoms with Crippen molar-refractivity contribution in [1.29, 1.82) is 0 Å². The van der Waals surface area contributed by atoms with Gasteiger partial charge in [-0.3, -0.25) is 0 Å². The summed E-state index contributed by atoms with van der Waals surface area (Å²) in [7, 11) is 0. The maximum Gasteiger partial charge on any atom is 0.337 e. The fourth-order valence-electron chi connectivity index (χ4n) is 3.72. The molecule has 0 amide bonds. The predicted octanol–water partition coefficient (Wildman–Crippen LogP) is 6.08. The molecule has 0 atom stereocenters. The lowest BCUT2D eigenvalue weighted by Gasteiger charge is -2.20. The Kier molecular flexibility index (Phi) is 5.14. The third-order valence-corrected chi connectivity index (χ3v) is 4.98. The molecule has 0 aliphatic carbocycles. The van der Waals surface area contributed by atoms with Crippen LogP contribution in [0.5, 0.6) is 0 Å². The smallest absolute Gasteiger partial charge is 0.337 e. The highest BCUT2D eigenvalue weighted by atomic mass is 16.4. The predicted molar refractivity (Wildman–Crippen MR) is 117 cm³/mol. The molecule has 0 heterocycles. The quantitative estimate of drug-likeness (QED) is 0.430. The Labute approximate surface area is 173 Å². The van der Waals surface area contributed by atoms with Crippen molar-refractivity contribution in [2.45, 2.75) is 0 Å². The summed E-state index contributed by atoms with van der Waals surface area (Å²) < 4.78 is 0. The first kappa shape index (κ1) is 19.2. The van der Waals surface area contributed by atoms with Crippen molar-refractivity contribution in [3.8, 4) is 33.4 Å². The first-order chi connectivity index (χ1) is 14.6. The second kappa shape index (κ2) is 8.05. The van der Waals surface area contributed by atoms with Crippen molar-refractivity contribution in [2.24, 2.45) is 0 Å². The normalized spacial score (nSPS) is 10.5. The number of hydrogen-bond acceptors (Lipinski definition) is 2. The van der Waals surface area contributed by atoms with E-state index < -0.39 is 11.9 Å². The van der Waals surface area contributed by atoms with Crippen molar-refractivity contribution in [2.75, 3.05) is 0 Å². The third-order valence-electron chi connectivity index (χ3n) is 4.98. The fourth-order valence-corrected chi connectivity index (χ4v) is 3.72. The van der Waals surface area contributed by atoms with E-state index in [1.54, 1.807) is 36.4 Å². The Balaban J connectivity index is 2.21. The van der Waals surface area contributed by atoms with Crippen LogP contribution in [0.2, 0.25) is 0 Å². The van der Waals surface area contributed by atoms with Gasteiger partial charge in [0.05, 0.1) is 11.1 Å². The highest BCUT2D eigenvalue weighted by Crippen LogP contribution is 2.42. The van der Waals surface area contributed by atoms with Crippen LogP contribution in [-0.2, 0) is 0 Å². The summed E-state index contributed by atoms with van der Waals surface area (Å²) in [6.07, 6.45) is 0. The van der Waals surface area contributed by atoms with Crippen LogP contribution in [0.3, 0.4) is 0 Å². The molecule has 0 fully saturated rings. The van der Waals surface area contributed by atoms with Crippen molar-refractivity contribution in [1.82, 2.24) is 0 Å². The average molecular weight is 394 g/mol. The Morgan fingerprint density at radius 3 is 1.40 bits per heavy atom. The van der Waals surface area contributed by atoms with Gasteiger partial charge in [-0.15, -0.1) is 0 Å². The molecule has 4 heteroatoms. The van der Waals surface area contributed by atoms with E-state index in [-0.39, 0.29) is 16.7 Å². The zero-order valence-corrected chi connectivity index (χ0v) is 15.9. The average Bonchev–Trinajstić information content (AvgIpc) is 2.79. The van der Waals surface area contributed by atoms with Crippen molar-refractivity contribution in [3.05, 3.63) is 108 Å². The monoisotopic (exact) mass is 394 g/mol. The number of benzene rings is 4. The first-order valence-electron chi connectivity index (χ1n) is 9.41. The van der Waals surface area contributed by atoms with Crippen molar-refractivity contribution < 1.29 is 19.8 Å². The summed E-state index contributed by atoms with van der Waals surface area (Å²) in [5, 5.41) is 20.2. The van der Waals surface area contributed by atoms with E-state index in [0.29, 0.717) is 22.3 Å². The Morgan fingerprint density at radius 2 is 0.967 bits per heavy atom. The molecule has 4 aromatic carbocycles. The maximum absolute atomic E-state index is 12.6. The van der Waals surface area contributed by atoms with Gasteiger partial charge in [0.1, 0.15) is 0 Å². The van der Waals surface area contributed by atoms with Gasteiger partial charge in [0.25, 0.3) is 0 Å². The third kappa shape index (κ3) is 3.47. The molecule has 4 nitrogen and oxygen atoms in total. The standard InChI is InChI=1S/C26H18O4/c27-25(28)21-16-20(17-10-4-1-5-11-17)22(18-12-6-2-7-13-18)24(26(29)30)23(21)19-14-8-3-9-15-19/h1-16H,(H,27,28)(H,29,30). The van der Waals surface area contributed by atoms with Gasteiger partial charge in [0, 0.05) is 11.1 Å². The van der Waals surface area contributed by atoms with Crippen LogP contribution >= 0.6 is 0 Å². The lowest BCUT2D eigenvalue weighted by Crippen LogP contribution is -2.10. The number of hydrogen-bond donors (Lipinski definition) is 2. The molecule has 0 radical (unpaired) electrons. The fraction of sp³-hybridized carbons (Fsp3) is 0. The zero-order chi connectivity index (χ0) is 21.1. The molecule has 0 unspecified atom stereocenters. The Bertz CT molecular complexity index is 1210. The highest BCUT2D eigenvalue weighted by Gasteiger charge is 2.27. The molecule has 0 aliphatic rings. The number of carboxylic acid groups (broad SMARTS) is 2. The molecule has 0 saturated carbocycles. The number of rotatable bonds is 5. The van der Waals surface area contributed by atoms with Crippen LogP contribution < -0.4 is 0 Å². The van der Waals surface area contributed by atoms with Crippen LogP contribution in [-0.4, -0.2) is 22.2 Å². The topological polar surface area (TPSA) is 74.6 Å². The highest BCUT2D eigenvalue weighted by molar-refractivity contribution is 6.12. The Morgan fingerprint density at radius 1 is 0.533 bits per heavy atom. The summed E-state index contributed by atoms with van der Waals surface area (Å²) in [5.74, 6) is -2.35. The van der Waals surface area contributed by atoms with Gasteiger partial charge < -0.3 is 10.2 Å². The molecular weight excluding hydrogens is 376 g/mol. The van der Waals surface area contributed by atoms with Gasteiger partial charge >= 0.3 is 11.9 Å². The summed E-state index contributed by atoms with van der Waals surface area (Å²) >= 11 is 0. The molecule has 30 heavy (non-hydrogen) atoms. The van der Waals surface area contributed by atoms with Gasteiger partial charge in [-0.05, 0) is 28.3 Å².